The SMILES string of the molecule is CCCCCN1C(=O)/C(=C\C2CC=CCC2)SC1=S. The minimum absolute atomic E-state index is 0.126. The second-order valence-electron chi connectivity index (χ2n) is 5.11. The summed E-state index contributed by atoms with van der Waals surface area (Å²) in [6, 6.07) is 0. The molecule has 19 heavy (non-hydrogen) atoms. The molecule has 0 N–H and O–H groups in total. The number of thiocarbonyl (C=S) groups is 1. The number of rotatable bonds is 5. The minimum atomic E-state index is 0.126. The third-order valence-electron chi connectivity index (χ3n) is 3.56. The number of hydrogen-bond acceptors (Lipinski definition) is 3. The number of thioether (sulfide) groups is 1. The van der Waals surface area contributed by atoms with Crippen LogP contribution in [0, 0.1) is 5.92 Å². The van der Waals surface area contributed by atoms with Crippen LogP contribution in [0.2, 0.25) is 0 Å². The van der Waals surface area contributed by atoms with Gasteiger partial charge in [-0.1, -0.05) is 62.0 Å². The Morgan fingerprint density at radius 3 is 3.00 bits per heavy atom. The summed E-state index contributed by atoms with van der Waals surface area (Å²) in [5, 5.41) is 0. The largest absolute Gasteiger partial charge is 0.293 e. The number of unbranched alkanes of at least 4 members (excludes halogenated alkanes) is 2. The normalized spacial score (nSPS) is 25.6. The van der Waals surface area contributed by atoms with E-state index in [2.05, 4.69) is 25.2 Å². The fraction of sp³-hybridized carbons (Fsp3) is 0.600. The highest BCUT2D eigenvalue weighted by atomic mass is 32.2. The van der Waals surface area contributed by atoms with Gasteiger partial charge in [0.05, 0.1) is 4.91 Å². The lowest BCUT2D eigenvalue weighted by Gasteiger charge is -2.15. The summed E-state index contributed by atoms with van der Waals surface area (Å²) in [5.74, 6) is 0.635. The molecule has 0 aromatic carbocycles. The van der Waals surface area contributed by atoms with E-state index in [0.717, 1.165) is 47.9 Å². The molecule has 0 spiro atoms. The molecule has 0 saturated carbocycles. The average Bonchev–Trinajstić information content (AvgIpc) is 2.68. The Kier molecular flexibility index (Phi) is 5.64. The number of carbonyl (C=O) groups excluding carboxylic acids is 1. The van der Waals surface area contributed by atoms with Crippen LogP contribution in [0.3, 0.4) is 0 Å². The van der Waals surface area contributed by atoms with E-state index in [1.807, 2.05) is 0 Å². The van der Waals surface area contributed by atoms with Crippen LogP contribution < -0.4 is 0 Å². The predicted molar refractivity (Wildman–Crippen MR) is 86.0 cm³/mol. The van der Waals surface area contributed by atoms with E-state index in [9.17, 15) is 4.79 Å². The van der Waals surface area contributed by atoms with Gasteiger partial charge in [0.1, 0.15) is 4.32 Å². The smallest absolute Gasteiger partial charge is 0.265 e. The summed E-state index contributed by atoms with van der Waals surface area (Å²) in [7, 11) is 0. The zero-order chi connectivity index (χ0) is 13.7. The number of allylic oxidation sites excluding steroid dienone is 3. The van der Waals surface area contributed by atoms with Crippen molar-refractivity contribution in [1.29, 1.82) is 0 Å². The molecule has 2 aliphatic rings. The first-order valence-corrected chi connectivity index (χ1v) is 8.35. The van der Waals surface area contributed by atoms with Crippen molar-refractivity contribution in [2.45, 2.75) is 45.4 Å². The lowest BCUT2D eigenvalue weighted by molar-refractivity contribution is -0.122. The maximum Gasteiger partial charge on any atom is 0.265 e. The lowest BCUT2D eigenvalue weighted by atomic mass is 9.94. The average molecular weight is 295 g/mol. The molecule has 1 unspecified atom stereocenters. The van der Waals surface area contributed by atoms with E-state index >= 15 is 0 Å². The number of carbonyl (C=O) groups is 1. The quantitative estimate of drug-likeness (QED) is 0.327. The molecule has 2 nitrogen and oxygen atoms in total. The van der Waals surface area contributed by atoms with Crippen LogP contribution in [0.1, 0.15) is 45.4 Å². The van der Waals surface area contributed by atoms with E-state index < -0.39 is 0 Å². The summed E-state index contributed by atoms with van der Waals surface area (Å²) in [6.07, 6.45) is 13.3. The molecule has 1 amide bonds. The van der Waals surface area contributed by atoms with Crippen LogP contribution in [0.15, 0.2) is 23.1 Å². The van der Waals surface area contributed by atoms with Crippen LogP contribution >= 0.6 is 24.0 Å². The van der Waals surface area contributed by atoms with Gasteiger partial charge in [-0.15, -0.1) is 0 Å². The first-order valence-electron chi connectivity index (χ1n) is 7.13. The van der Waals surface area contributed by atoms with Gasteiger partial charge in [0.2, 0.25) is 0 Å². The van der Waals surface area contributed by atoms with Gasteiger partial charge in [-0.05, 0) is 31.6 Å². The summed E-state index contributed by atoms with van der Waals surface area (Å²) in [5.41, 5.74) is 0. The van der Waals surface area contributed by atoms with Crippen molar-refractivity contribution in [3.05, 3.63) is 23.1 Å². The van der Waals surface area contributed by atoms with Gasteiger partial charge < -0.3 is 0 Å². The van der Waals surface area contributed by atoms with E-state index in [1.165, 1.54) is 18.2 Å². The predicted octanol–water partition coefficient (Wildman–Crippen LogP) is 4.28. The van der Waals surface area contributed by atoms with Crippen molar-refractivity contribution in [3.63, 3.8) is 0 Å². The van der Waals surface area contributed by atoms with Gasteiger partial charge in [-0.2, -0.15) is 0 Å². The van der Waals surface area contributed by atoms with Gasteiger partial charge >= 0.3 is 0 Å². The van der Waals surface area contributed by atoms with Gasteiger partial charge in [0, 0.05) is 6.54 Å². The number of nitrogens with zero attached hydrogens (tertiary/aromatic N) is 1. The van der Waals surface area contributed by atoms with Crippen LogP contribution in [-0.4, -0.2) is 21.7 Å². The Balaban J connectivity index is 1.96. The Labute approximate surface area is 125 Å². The highest BCUT2D eigenvalue weighted by molar-refractivity contribution is 8.26. The Morgan fingerprint density at radius 1 is 1.47 bits per heavy atom. The number of amides is 1. The third-order valence-corrected chi connectivity index (χ3v) is 4.95. The molecular formula is C15H21NOS2. The molecule has 0 aromatic heterocycles. The Morgan fingerprint density at radius 2 is 2.32 bits per heavy atom. The molecule has 4 heteroatoms. The van der Waals surface area contributed by atoms with E-state index in [1.54, 1.807) is 4.90 Å². The lowest BCUT2D eigenvalue weighted by Crippen LogP contribution is -2.29. The topological polar surface area (TPSA) is 20.3 Å². The molecule has 1 atom stereocenters. The summed E-state index contributed by atoms with van der Waals surface area (Å²) in [4.78, 5) is 14.9. The molecule has 1 fully saturated rings. The summed E-state index contributed by atoms with van der Waals surface area (Å²) >= 11 is 6.80. The minimum Gasteiger partial charge on any atom is -0.293 e. The van der Waals surface area contributed by atoms with Crippen LogP contribution in [0.5, 0.6) is 0 Å². The first-order chi connectivity index (χ1) is 9.22. The third kappa shape index (κ3) is 3.93. The fourth-order valence-corrected chi connectivity index (χ4v) is 3.78. The van der Waals surface area contributed by atoms with E-state index in [-0.39, 0.29) is 5.91 Å². The van der Waals surface area contributed by atoms with E-state index in [4.69, 9.17) is 12.2 Å². The molecular weight excluding hydrogens is 274 g/mol. The molecule has 0 aromatic rings. The van der Waals surface area contributed by atoms with Crippen molar-refractivity contribution in [3.8, 4) is 0 Å². The van der Waals surface area contributed by atoms with Crippen LogP contribution in [0.25, 0.3) is 0 Å². The molecule has 104 valence electrons. The zero-order valence-electron chi connectivity index (χ0n) is 11.4. The highest BCUT2D eigenvalue weighted by Gasteiger charge is 2.31. The summed E-state index contributed by atoms with van der Waals surface area (Å²) < 4.78 is 0.735. The van der Waals surface area contributed by atoms with Gasteiger partial charge in [0.15, 0.2) is 0 Å². The maximum absolute atomic E-state index is 12.3. The van der Waals surface area contributed by atoms with Crippen LogP contribution in [0.4, 0.5) is 0 Å². The molecule has 0 bridgehead atoms. The van der Waals surface area contributed by atoms with Gasteiger partial charge in [-0.25, -0.2) is 0 Å². The van der Waals surface area contributed by atoms with E-state index in [0.29, 0.717) is 5.92 Å². The first kappa shape index (κ1) is 14.8. The standard InChI is InChI=1S/C15H21NOS2/c1-2-3-7-10-16-14(17)13(19-15(16)18)11-12-8-5-4-6-9-12/h4-5,11-12H,2-3,6-10H2,1H3/b13-11+. The Bertz CT molecular complexity index is 414. The molecule has 1 aliphatic carbocycles. The number of hydrogen-bond donors (Lipinski definition) is 0. The molecule has 1 aliphatic heterocycles. The maximum atomic E-state index is 12.3. The van der Waals surface area contributed by atoms with Gasteiger partial charge in [0.25, 0.3) is 5.91 Å². The van der Waals surface area contributed by atoms with Crippen molar-refractivity contribution in [1.82, 2.24) is 4.90 Å². The van der Waals surface area contributed by atoms with Crippen molar-refractivity contribution >= 4 is 34.2 Å². The monoisotopic (exact) mass is 295 g/mol. The van der Waals surface area contributed by atoms with Crippen molar-refractivity contribution in [2.75, 3.05) is 6.54 Å². The van der Waals surface area contributed by atoms with Gasteiger partial charge in [-0.3, -0.25) is 9.69 Å². The molecule has 2 rings (SSSR count). The van der Waals surface area contributed by atoms with Crippen molar-refractivity contribution in [2.24, 2.45) is 5.92 Å². The van der Waals surface area contributed by atoms with Crippen molar-refractivity contribution < 1.29 is 4.79 Å². The second-order valence-corrected chi connectivity index (χ2v) is 6.78. The van der Waals surface area contributed by atoms with Crippen LogP contribution in [-0.2, 0) is 4.79 Å². The molecule has 1 heterocycles. The Hall–Kier alpha value is -0.610. The molecule has 1 saturated heterocycles. The fourth-order valence-electron chi connectivity index (χ4n) is 2.41. The molecule has 0 radical (unpaired) electrons. The second kappa shape index (κ2) is 7.25. The zero-order valence-corrected chi connectivity index (χ0v) is 13.1. The summed E-state index contributed by atoms with van der Waals surface area (Å²) in [6.45, 7) is 2.95. The highest BCUT2D eigenvalue weighted by Crippen LogP contribution is 2.34.